The summed E-state index contributed by atoms with van der Waals surface area (Å²) in [6, 6.07) is 5.70. The molecule has 0 bridgehead atoms. The molecular weight excluding hydrogens is 294 g/mol. The molecule has 1 spiro atoms. The maximum atomic E-state index is 12.6. The smallest absolute Gasteiger partial charge is 0.251 e. The molecule has 2 aliphatic heterocycles. The van der Waals surface area contributed by atoms with Crippen LogP contribution >= 0.6 is 0 Å². The van der Waals surface area contributed by atoms with Gasteiger partial charge in [0.25, 0.3) is 5.91 Å². The molecule has 1 aromatic rings. The molecule has 0 saturated carbocycles. The summed E-state index contributed by atoms with van der Waals surface area (Å²) in [5.74, 6) is 0.755. The van der Waals surface area contributed by atoms with Crippen molar-refractivity contribution < 1.29 is 19.0 Å². The van der Waals surface area contributed by atoms with Gasteiger partial charge in [-0.25, -0.2) is 0 Å². The third-order valence-electron chi connectivity index (χ3n) is 4.91. The standard InChI is InChI=1S/C18H25NO4/c1-13-11-15(21-2)3-4-16(13)17(20)19-14-5-8-23-18(12-14)6-9-22-10-7-18/h3-4,11,14H,5-10,12H2,1-2H3,(H,19,20)/t14-/m0/s1. The third kappa shape index (κ3) is 3.67. The van der Waals surface area contributed by atoms with Crippen molar-refractivity contribution in [1.29, 1.82) is 0 Å². The Morgan fingerprint density at radius 1 is 1.30 bits per heavy atom. The zero-order valence-corrected chi connectivity index (χ0v) is 13.9. The predicted octanol–water partition coefficient (Wildman–Crippen LogP) is 2.46. The fourth-order valence-electron chi connectivity index (χ4n) is 3.52. The number of carbonyl (C=O) groups is 1. The van der Waals surface area contributed by atoms with Crippen LogP contribution in [0.3, 0.4) is 0 Å². The normalized spacial score (nSPS) is 23.5. The van der Waals surface area contributed by atoms with E-state index in [1.54, 1.807) is 7.11 Å². The first-order valence-corrected chi connectivity index (χ1v) is 8.29. The molecule has 0 aromatic heterocycles. The second-order valence-corrected chi connectivity index (χ2v) is 6.49. The second kappa shape index (κ2) is 6.89. The highest BCUT2D eigenvalue weighted by Gasteiger charge is 2.39. The number of aryl methyl sites for hydroxylation is 1. The molecule has 3 rings (SSSR count). The van der Waals surface area contributed by atoms with Gasteiger partial charge in [0, 0.05) is 31.4 Å². The zero-order valence-electron chi connectivity index (χ0n) is 13.9. The lowest BCUT2D eigenvalue weighted by atomic mass is 9.84. The molecule has 0 radical (unpaired) electrons. The summed E-state index contributed by atoms with van der Waals surface area (Å²) in [5.41, 5.74) is 1.52. The van der Waals surface area contributed by atoms with Crippen LogP contribution in [0.1, 0.15) is 41.6 Å². The summed E-state index contributed by atoms with van der Waals surface area (Å²) in [4.78, 5) is 12.6. The lowest BCUT2D eigenvalue weighted by Gasteiger charge is -2.43. The number of hydrogen-bond donors (Lipinski definition) is 1. The molecule has 0 aliphatic carbocycles. The molecule has 5 nitrogen and oxygen atoms in total. The van der Waals surface area contributed by atoms with Crippen LogP contribution in [0.4, 0.5) is 0 Å². The van der Waals surface area contributed by atoms with Crippen molar-refractivity contribution in [2.75, 3.05) is 26.9 Å². The minimum atomic E-state index is -0.108. The topological polar surface area (TPSA) is 56.8 Å². The van der Waals surface area contributed by atoms with Crippen molar-refractivity contribution in [3.63, 3.8) is 0 Å². The van der Waals surface area contributed by atoms with E-state index < -0.39 is 0 Å². The van der Waals surface area contributed by atoms with Gasteiger partial charge in [-0.05, 0) is 56.4 Å². The third-order valence-corrected chi connectivity index (χ3v) is 4.91. The summed E-state index contributed by atoms with van der Waals surface area (Å²) in [6.07, 6.45) is 3.57. The SMILES string of the molecule is COc1ccc(C(=O)N[C@H]2CCOC3(CCOCC3)C2)c(C)c1. The Morgan fingerprint density at radius 3 is 2.78 bits per heavy atom. The fraction of sp³-hybridized carbons (Fsp3) is 0.611. The molecule has 1 aromatic carbocycles. The van der Waals surface area contributed by atoms with Gasteiger partial charge >= 0.3 is 0 Å². The van der Waals surface area contributed by atoms with Crippen molar-refractivity contribution in [1.82, 2.24) is 5.32 Å². The molecule has 2 heterocycles. The summed E-state index contributed by atoms with van der Waals surface area (Å²) in [7, 11) is 1.63. The van der Waals surface area contributed by atoms with Crippen LogP contribution in [0.2, 0.25) is 0 Å². The van der Waals surface area contributed by atoms with Gasteiger partial charge in [0.2, 0.25) is 0 Å². The Hall–Kier alpha value is -1.59. The van der Waals surface area contributed by atoms with Gasteiger partial charge < -0.3 is 19.5 Å². The number of nitrogens with one attached hydrogen (secondary N) is 1. The summed E-state index contributed by atoms with van der Waals surface area (Å²) < 4.78 is 16.7. The molecule has 5 heteroatoms. The van der Waals surface area contributed by atoms with Gasteiger partial charge in [0.15, 0.2) is 0 Å². The molecule has 2 aliphatic rings. The predicted molar refractivity (Wildman–Crippen MR) is 87.0 cm³/mol. The van der Waals surface area contributed by atoms with Crippen LogP contribution in [0, 0.1) is 6.92 Å². The van der Waals surface area contributed by atoms with Crippen LogP contribution < -0.4 is 10.1 Å². The average molecular weight is 319 g/mol. The number of benzene rings is 1. The average Bonchev–Trinajstić information content (AvgIpc) is 2.55. The van der Waals surface area contributed by atoms with Gasteiger partial charge in [-0.15, -0.1) is 0 Å². The molecule has 23 heavy (non-hydrogen) atoms. The molecule has 1 N–H and O–H groups in total. The first-order valence-electron chi connectivity index (χ1n) is 8.29. The zero-order chi connectivity index (χ0) is 16.3. The van der Waals surface area contributed by atoms with Crippen molar-refractivity contribution in [3.8, 4) is 5.75 Å². The van der Waals surface area contributed by atoms with Crippen molar-refractivity contribution in [2.45, 2.75) is 44.2 Å². The highest BCUT2D eigenvalue weighted by molar-refractivity contribution is 5.96. The fourth-order valence-corrected chi connectivity index (χ4v) is 3.52. The number of hydrogen-bond acceptors (Lipinski definition) is 4. The van der Waals surface area contributed by atoms with E-state index in [1.807, 2.05) is 25.1 Å². The Balaban J connectivity index is 1.65. The number of rotatable bonds is 3. The van der Waals surface area contributed by atoms with E-state index in [9.17, 15) is 4.79 Å². The number of methoxy groups -OCH3 is 1. The molecule has 1 atom stereocenters. The molecule has 0 unspecified atom stereocenters. The van der Waals surface area contributed by atoms with E-state index in [2.05, 4.69) is 5.32 Å². The lowest BCUT2D eigenvalue weighted by molar-refractivity contribution is -0.139. The van der Waals surface area contributed by atoms with E-state index in [0.29, 0.717) is 12.2 Å². The minimum Gasteiger partial charge on any atom is -0.497 e. The highest BCUT2D eigenvalue weighted by Crippen LogP contribution is 2.34. The first kappa shape index (κ1) is 16.3. The van der Waals surface area contributed by atoms with E-state index in [0.717, 1.165) is 50.2 Å². The van der Waals surface area contributed by atoms with Gasteiger partial charge in [0.1, 0.15) is 5.75 Å². The largest absolute Gasteiger partial charge is 0.497 e. The van der Waals surface area contributed by atoms with Crippen LogP contribution in [-0.4, -0.2) is 44.5 Å². The molecular formula is C18H25NO4. The van der Waals surface area contributed by atoms with Crippen molar-refractivity contribution in [2.24, 2.45) is 0 Å². The number of carbonyl (C=O) groups excluding carboxylic acids is 1. The maximum Gasteiger partial charge on any atom is 0.251 e. The Kier molecular flexibility index (Phi) is 4.87. The number of ether oxygens (including phenoxy) is 3. The lowest BCUT2D eigenvalue weighted by Crippen LogP contribution is -2.51. The summed E-state index contributed by atoms with van der Waals surface area (Å²) in [5, 5.41) is 3.18. The molecule has 2 saturated heterocycles. The van der Waals surface area contributed by atoms with E-state index in [4.69, 9.17) is 14.2 Å². The minimum absolute atomic E-state index is 0.0146. The van der Waals surface area contributed by atoms with Crippen molar-refractivity contribution in [3.05, 3.63) is 29.3 Å². The van der Waals surface area contributed by atoms with E-state index in [1.165, 1.54) is 0 Å². The Labute approximate surface area is 137 Å². The maximum absolute atomic E-state index is 12.6. The van der Waals surface area contributed by atoms with Crippen LogP contribution in [0.15, 0.2) is 18.2 Å². The number of amides is 1. The van der Waals surface area contributed by atoms with Crippen molar-refractivity contribution >= 4 is 5.91 Å². The van der Waals surface area contributed by atoms with Crippen LogP contribution in [0.25, 0.3) is 0 Å². The Bertz CT molecular complexity index is 561. The van der Waals surface area contributed by atoms with Gasteiger partial charge in [0.05, 0.1) is 12.7 Å². The summed E-state index contributed by atoms with van der Waals surface area (Å²) >= 11 is 0. The summed E-state index contributed by atoms with van der Waals surface area (Å²) in [6.45, 7) is 4.13. The molecule has 126 valence electrons. The van der Waals surface area contributed by atoms with Crippen LogP contribution in [-0.2, 0) is 9.47 Å². The van der Waals surface area contributed by atoms with E-state index >= 15 is 0 Å². The molecule has 1 amide bonds. The van der Waals surface area contributed by atoms with Gasteiger partial charge in [-0.2, -0.15) is 0 Å². The quantitative estimate of drug-likeness (QED) is 0.930. The Morgan fingerprint density at radius 2 is 2.09 bits per heavy atom. The monoisotopic (exact) mass is 319 g/mol. The van der Waals surface area contributed by atoms with Crippen LogP contribution in [0.5, 0.6) is 5.75 Å². The van der Waals surface area contributed by atoms with Gasteiger partial charge in [-0.3, -0.25) is 4.79 Å². The molecule has 2 fully saturated rings. The first-order chi connectivity index (χ1) is 11.1. The van der Waals surface area contributed by atoms with Gasteiger partial charge in [-0.1, -0.05) is 0 Å². The highest BCUT2D eigenvalue weighted by atomic mass is 16.5. The van der Waals surface area contributed by atoms with E-state index in [-0.39, 0.29) is 17.6 Å². The second-order valence-electron chi connectivity index (χ2n) is 6.49.